The van der Waals surface area contributed by atoms with Crippen LogP contribution in [0.5, 0.6) is 0 Å². The molecule has 0 N–H and O–H groups in total. The molecule has 5 nitrogen and oxygen atoms in total. The van der Waals surface area contributed by atoms with Crippen LogP contribution < -0.4 is 5.56 Å². The molecular formula is C22H20N4O. The van der Waals surface area contributed by atoms with Crippen LogP contribution in [0.3, 0.4) is 0 Å². The number of hydrogen-bond donors (Lipinski definition) is 0. The first-order valence-electron chi connectivity index (χ1n) is 9.30. The van der Waals surface area contributed by atoms with Crippen LogP contribution in [0.15, 0.2) is 65.6 Å². The maximum atomic E-state index is 13.3. The second kappa shape index (κ2) is 6.20. The summed E-state index contributed by atoms with van der Waals surface area (Å²) in [7, 11) is 0. The van der Waals surface area contributed by atoms with E-state index in [0.717, 1.165) is 35.2 Å². The topological polar surface area (TPSA) is 52.7 Å². The summed E-state index contributed by atoms with van der Waals surface area (Å²) < 4.78 is 3.35. The van der Waals surface area contributed by atoms with Crippen molar-refractivity contribution in [3.05, 3.63) is 88.0 Å². The molecule has 0 bridgehead atoms. The standard InChI is InChI=1S/C22H20N4O/c1-15-6-5-7-16(12-15)14-25-22(27)21-19(20(24-25)17-10-11-17)13-23-26(21)18-8-3-2-4-9-18/h2-9,12-13,17H,10-11,14H2,1H3. The van der Waals surface area contributed by atoms with Gasteiger partial charge in [-0.25, -0.2) is 9.36 Å². The van der Waals surface area contributed by atoms with E-state index in [-0.39, 0.29) is 5.56 Å². The fourth-order valence-corrected chi connectivity index (χ4v) is 3.61. The largest absolute Gasteiger partial charge is 0.293 e. The quantitative estimate of drug-likeness (QED) is 0.559. The number of aryl methyl sites for hydroxylation is 1. The Morgan fingerprint density at radius 1 is 1.07 bits per heavy atom. The minimum Gasteiger partial charge on any atom is -0.265 e. The third-order valence-corrected chi connectivity index (χ3v) is 5.09. The van der Waals surface area contributed by atoms with Crippen molar-refractivity contribution in [1.29, 1.82) is 0 Å². The van der Waals surface area contributed by atoms with E-state index in [0.29, 0.717) is 18.0 Å². The van der Waals surface area contributed by atoms with Gasteiger partial charge in [-0.2, -0.15) is 10.2 Å². The Hall–Kier alpha value is -3.21. The van der Waals surface area contributed by atoms with Crippen LogP contribution in [-0.2, 0) is 6.54 Å². The van der Waals surface area contributed by atoms with E-state index in [1.54, 1.807) is 15.6 Å². The molecule has 0 aliphatic heterocycles. The summed E-state index contributed by atoms with van der Waals surface area (Å²) in [6.45, 7) is 2.53. The summed E-state index contributed by atoms with van der Waals surface area (Å²) in [5, 5.41) is 10.1. The molecule has 134 valence electrons. The molecule has 0 spiro atoms. The van der Waals surface area contributed by atoms with Gasteiger partial charge in [0.15, 0.2) is 0 Å². The molecule has 0 radical (unpaired) electrons. The lowest BCUT2D eigenvalue weighted by atomic mass is 10.1. The van der Waals surface area contributed by atoms with E-state index in [4.69, 9.17) is 5.10 Å². The van der Waals surface area contributed by atoms with Gasteiger partial charge < -0.3 is 0 Å². The Morgan fingerprint density at radius 3 is 2.63 bits per heavy atom. The summed E-state index contributed by atoms with van der Waals surface area (Å²) >= 11 is 0. The van der Waals surface area contributed by atoms with Crippen LogP contribution in [0.2, 0.25) is 0 Å². The zero-order valence-corrected chi connectivity index (χ0v) is 15.2. The van der Waals surface area contributed by atoms with Gasteiger partial charge in [0, 0.05) is 11.3 Å². The van der Waals surface area contributed by atoms with Crippen LogP contribution in [0.1, 0.15) is 35.6 Å². The number of benzene rings is 2. The van der Waals surface area contributed by atoms with Crippen molar-refractivity contribution in [2.75, 3.05) is 0 Å². The van der Waals surface area contributed by atoms with E-state index in [1.165, 1.54) is 5.56 Å². The van der Waals surface area contributed by atoms with Crippen LogP contribution in [0, 0.1) is 6.92 Å². The Morgan fingerprint density at radius 2 is 1.89 bits per heavy atom. The SMILES string of the molecule is Cc1cccc(Cn2nc(C3CC3)c3cnn(-c4ccccc4)c3c2=O)c1. The Labute approximate surface area is 156 Å². The first-order valence-corrected chi connectivity index (χ1v) is 9.30. The van der Waals surface area contributed by atoms with Gasteiger partial charge >= 0.3 is 0 Å². The van der Waals surface area contributed by atoms with Crippen LogP contribution >= 0.6 is 0 Å². The highest BCUT2D eigenvalue weighted by molar-refractivity contribution is 5.82. The molecule has 5 rings (SSSR count). The van der Waals surface area contributed by atoms with Gasteiger partial charge in [0.1, 0.15) is 5.52 Å². The summed E-state index contributed by atoms with van der Waals surface area (Å²) in [5.41, 5.74) is 4.66. The van der Waals surface area contributed by atoms with Gasteiger partial charge in [-0.1, -0.05) is 48.0 Å². The summed E-state index contributed by atoms with van der Waals surface area (Å²) in [6, 6.07) is 18.0. The molecule has 1 fully saturated rings. The van der Waals surface area contributed by atoms with Gasteiger partial charge in [0.2, 0.25) is 0 Å². The molecule has 4 aromatic rings. The molecule has 2 aromatic heterocycles. The lowest BCUT2D eigenvalue weighted by Crippen LogP contribution is -2.26. The minimum atomic E-state index is -0.0998. The first kappa shape index (κ1) is 16.0. The average molecular weight is 356 g/mol. The van der Waals surface area contributed by atoms with Gasteiger partial charge in [-0.05, 0) is 37.5 Å². The van der Waals surface area contributed by atoms with Crippen LogP contribution in [-0.4, -0.2) is 19.6 Å². The molecule has 0 unspecified atom stereocenters. The number of nitrogens with zero attached hydrogens (tertiary/aromatic N) is 4. The molecule has 5 heteroatoms. The lowest BCUT2D eigenvalue weighted by Gasteiger charge is -2.10. The van der Waals surface area contributed by atoms with E-state index in [2.05, 4.69) is 24.2 Å². The zero-order chi connectivity index (χ0) is 18.4. The molecular weight excluding hydrogens is 336 g/mol. The number of para-hydroxylation sites is 1. The normalized spacial score (nSPS) is 14.0. The van der Waals surface area contributed by atoms with Gasteiger partial charge in [-0.15, -0.1) is 0 Å². The Kier molecular flexibility index (Phi) is 3.67. The van der Waals surface area contributed by atoms with E-state index in [1.807, 2.05) is 42.5 Å². The predicted octanol–water partition coefficient (Wildman–Crippen LogP) is 3.82. The van der Waals surface area contributed by atoms with Crippen molar-refractivity contribution >= 4 is 10.9 Å². The van der Waals surface area contributed by atoms with Crippen molar-refractivity contribution in [1.82, 2.24) is 19.6 Å². The maximum absolute atomic E-state index is 13.3. The van der Waals surface area contributed by atoms with Crippen molar-refractivity contribution in [3.63, 3.8) is 0 Å². The van der Waals surface area contributed by atoms with Crippen molar-refractivity contribution in [2.24, 2.45) is 0 Å². The molecule has 1 aliphatic carbocycles. The fourth-order valence-electron chi connectivity index (χ4n) is 3.61. The smallest absolute Gasteiger partial charge is 0.265 e. The average Bonchev–Trinajstić information content (AvgIpc) is 3.42. The first-order chi connectivity index (χ1) is 13.2. The van der Waals surface area contributed by atoms with E-state index in [9.17, 15) is 4.79 Å². The fraction of sp³-hybridized carbons (Fsp3) is 0.227. The molecule has 1 saturated carbocycles. The van der Waals surface area contributed by atoms with Gasteiger partial charge in [-0.3, -0.25) is 4.79 Å². The van der Waals surface area contributed by atoms with Gasteiger partial charge in [0.25, 0.3) is 5.56 Å². The molecule has 2 heterocycles. The summed E-state index contributed by atoms with van der Waals surface area (Å²) in [4.78, 5) is 13.3. The van der Waals surface area contributed by atoms with Crippen molar-refractivity contribution < 1.29 is 0 Å². The predicted molar refractivity (Wildman–Crippen MR) is 105 cm³/mol. The highest BCUT2D eigenvalue weighted by Crippen LogP contribution is 2.41. The van der Waals surface area contributed by atoms with Crippen molar-refractivity contribution in [3.8, 4) is 5.69 Å². The van der Waals surface area contributed by atoms with Crippen LogP contribution in [0.25, 0.3) is 16.6 Å². The zero-order valence-electron chi connectivity index (χ0n) is 15.2. The van der Waals surface area contributed by atoms with Crippen molar-refractivity contribution in [2.45, 2.75) is 32.2 Å². The lowest BCUT2D eigenvalue weighted by molar-refractivity contribution is 0.626. The van der Waals surface area contributed by atoms with Gasteiger partial charge in [0.05, 0.1) is 24.1 Å². The van der Waals surface area contributed by atoms with E-state index < -0.39 is 0 Å². The highest BCUT2D eigenvalue weighted by Gasteiger charge is 2.30. The number of fused-ring (bicyclic) bond motifs is 1. The summed E-state index contributed by atoms with van der Waals surface area (Å²) in [6.07, 6.45) is 4.05. The molecule has 27 heavy (non-hydrogen) atoms. The second-order valence-corrected chi connectivity index (χ2v) is 7.27. The Bertz CT molecular complexity index is 1190. The number of rotatable bonds is 4. The minimum absolute atomic E-state index is 0.0998. The molecule has 1 aliphatic rings. The third-order valence-electron chi connectivity index (χ3n) is 5.09. The molecule has 0 atom stereocenters. The third kappa shape index (κ3) is 2.85. The van der Waals surface area contributed by atoms with Crippen LogP contribution in [0.4, 0.5) is 0 Å². The second-order valence-electron chi connectivity index (χ2n) is 7.27. The molecule has 0 saturated heterocycles. The maximum Gasteiger partial charge on any atom is 0.293 e. The molecule has 0 amide bonds. The summed E-state index contributed by atoms with van der Waals surface area (Å²) in [5.74, 6) is 0.435. The Balaban J connectivity index is 1.72. The number of hydrogen-bond acceptors (Lipinski definition) is 3. The highest BCUT2D eigenvalue weighted by atomic mass is 16.1. The molecule has 2 aromatic carbocycles. The number of aromatic nitrogens is 4. The monoisotopic (exact) mass is 356 g/mol. The van der Waals surface area contributed by atoms with E-state index >= 15 is 0 Å².